The fraction of sp³-hybridized carbons (Fsp3) is 0. The van der Waals surface area contributed by atoms with Gasteiger partial charge in [-0.3, -0.25) is 0 Å². The van der Waals surface area contributed by atoms with E-state index in [1.165, 1.54) is 60.7 Å². The van der Waals surface area contributed by atoms with Crippen LogP contribution in [0.1, 0.15) is 0 Å². The first-order valence-electron chi connectivity index (χ1n) is 8.28. The Bertz CT molecular complexity index is 1320. The van der Waals surface area contributed by atoms with Gasteiger partial charge in [-0.25, -0.2) is 0 Å². The molecule has 3 aromatic carbocycles. The number of aromatic nitrogens is 1. The smallest absolute Gasteiger partial charge is 0.279 e. The highest BCUT2D eigenvalue weighted by Crippen LogP contribution is 2.38. The minimum absolute atomic E-state index is 0.0770. The number of hydrogen-bond donors (Lipinski definition) is 0. The van der Waals surface area contributed by atoms with Gasteiger partial charge in [0.15, 0.2) is 5.58 Å². The molecule has 0 aliphatic rings. The third-order valence-electron chi connectivity index (χ3n) is 4.12. The van der Waals surface area contributed by atoms with Crippen molar-refractivity contribution < 1.29 is 21.4 Å². The second-order valence-corrected chi connectivity index (χ2v) is 10.2. The lowest BCUT2D eigenvalue weighted by Crippen LogP contribution is -2.37. The van der Waals surface area contributed by atoms with Crippen molar-refractivity contribution in [3.8, 4) is 0 Å². The summed E-state index contributed by atoms with van der Waals surface area (Å²) >= 11 is 6.22. The zero-order valence-electron chi connectivity index (χ0n) is 14.6. The molecule has 0 unspecified atom stereocenters. The summed E-state index contributed by atoms with van der Waals surface area (Å²) in [6, 6.07) is 19.0. The zero-order valence-corrected chi connectivity index (χ0v) is 17.0. The monoisotopic (exact) mass is 448 g/mol. The SMILES string of the molecule is O=S(=O)(c1ccccc1)N(c1noc2cccc(Cl)c12)S(=O)(=O)c1ccccc1. The Hall–Kier alpha value is -2.88. The van der Waals surface area contributed by atoms with Crippen molar-refractivity contribution in [1.29, 1.82) is 0 Å². The van der Waals surface area contributed by atoms with Crippen LogP contribution in [0.15, 0.2) is 93.2 Å². The molecule has 4 rings (SSSR count). The summed E-state index contributed by atoms with van der Waals surface area (Å²) in [6.07, 6.45) is 0. The Morgan fingerprint density at radius 1 is 0.724 bits per heavy atom. The summed E-state index contributed by atoms with van der Waals surface area (Å²) in [4.78, 5) is -0.439. The van der Waals surface area contributed by atoms with E-state index in [2.05, 4.69) is 5.16 Å². The maximum atomic E-state index is 13.4. The van der Waals surface area contributed by atoms with E-state index in [-0.39, 0.29) is 29.5 Å². The fourth-order valence-electron chi connectivity index (χ4n) is 2.79. The third-order valence-corrected chi connectivity index (χ3v) is 8.57. The van der Waals surface area contributed by atoms with Crippen LogP contribution < -0.4 is 3.71 Å². The maximum Gasteiger partial charge on any atom is 0.279 e. The van der Waals surface area contributed by atoms with Crippen LogP contribution in [-0.4, -0.2) is 22.0 Å². The van der Waals surface area contributed by atoms with Gasteiger partial charge in [-0.2, -0.15) is 16.8 Å². The Balaban J connectivity index is 2.06. The molecule has 0 N–H and O–H groups in total. The summed E-state index contributed by atoms with van der Waals surface area (Å²) in [7, 11) is -9.15. The van der Waals surface area contributed by atoms with Gasteiger partial charge >= 0.3 is 0 Å². The second-order valence-electron chi connectivity index (χ2n) is 5.95. The summed E-state index contributed by atoms with van der Waals surface area (Å²) < 4.78 is 59.1. The highest BCUT2D eigenvalue weighted by atomic mass is 35.5. The molecule has 148 valence electrons. The van der Waals surface area contributed by atoms with Gasteiger partial charge in [0, 0.05) is 0 Å². The van der Waals surface area contributed by atoms with Crippen molar-refractivity contribution in [2.45, 2.75) is 9.79 Å². The Morgan fingerprint density at radius 3 is 1.76 bits per heavy atom. The van der Waals surface area contributed by atoms with Crippen molar-refractivity contribution in [3.63, 3.8) is 0 Å². The number of benzene rings is 3. The number of halogens is 1. The van der Waals surface area contributed by atoms with Gasteiger partial charge in [0.1, 0.15) is 0 Å². The standard InChI is InChI=1S/C19H13ClN2O5S2/c20-16-12-7-13-17-18(16)19(21-27-17)22(28(23,24)14-8-3-1-4-9-14)29(25,26)15-10-5-2-6-11-15/h1-13H. The maximum absolute atomic E-state index is 13.4. The minimum atomic E-state index is -4.57. The highest BCUT2D eigenvalue weighted by Gasteiger charge is 2.40. The predicted molar refractivity (Wildman–Crippen MR) is 109 cm³/mol. The van der Waals surface area contributed by atoms with Gasteiger partial charge in [0.25, 0.3) is 20.0 Å². The summed E-state index contributed by atoms with van der Waals surface area (Å²) in [5.41, 5.74) is 0.157. The van der Waals surface area contributed by atoms with Gasteiger partial charge in [0.05, 0.1) is 20.2 Å². The number of hydrogen-bond acceptors (Lipinski definition) is 6. The number of anilines is 1. The van der Waals surface area contributed by atoms with Crippen LogP contribution >= 0.6 is 11.6 Å². The summed E-state index contributed by atoms with van der Waals surface area (Å²) in [5, 5.41) is 3.93. The van der Waals surface area contributed by atoms with Gasteiger partial charge in [-0.1, -0.05) is 59.2 Å². The lowest BCUT2D eigenvalue weighted by atomic mass is 10.2. The Kier molecular flexibility index (Phi) is 4.81. The van der Waals surface area contributed by atoms with Crippen LogP contribution in [0.5, 0.6) is 0 Å². The van der Waals surface area contributed by atoms with Crippen molar-refractivity contribution >= 4 is 48.4 Å². The molecule has 0 radical (unpaired) electrons. The van der Waals surface area contributed by atoms with E-state index in [1.807, 2.05) is 0 Å². The lowest BCUT2D eigenvalue weighted by molar-refractivity contribution is 0.458. The second kappa shape index (κ2) is 7.18. The molecular formula is C19H13ClN2O5S2. The largest absolute Gasteiger partial charge is 0.354 e. The number of fused-ring (bicyclic) bond motifs is 1. The van der Waals surface area contributed by atoms with E-state index in [1.54, 1.807) is 18.2 Å². The van der Waals surface area contributed by atoms with Crippen LogP contribution in [0.4, 0.5) is 5.82 Å². The van der Waals surface area contributed by atoms with Crippen LogP contribution in [0.2, 0.25) is 5.02 Å². The Labute approximate surface area is 172 Å². The average molecular weight is 449 g/mol. The van der Waals surface area contributed by atoms with E-state index < -0.39 is 25.9 Å². The van der Waals surface area contributed by atoms with Crippen LogP contribution in [-0.2, 0) is 20.0 Å². The first kappa shape index (κ1) is 19.4. The first-order chi connectivity index (χ1) is 13.8. The van der Waals surface area contributed by atoms with Crippen LogP contribution in [0, 0.1) is 0 Å². The Morgan fingerprint density at radius 2 is 1.24 bits per heavy atom. The van der Waals surface area contributed by atoms with E-state index in [0.29, 0.717) is 0 Å². The van der Waals surface area contributed by atoms with Crippen molar-refractivity contribution in [2.24, 2.45) is 0 Å². The molecule has 0 amide bonds. The zero-order chi connectivity index (χ0) is 20.6. The summed E-state index contributed by atoms with van der Waals surface area (Å²) in [5.74, 6) is -0.432. The molecule has 0 spiro atoms. The lowest BCUT2D eigenvalue weighted by Gasteiger charge is -2.22. The molecule has 0 bridgehead atoms. The van der Waals surface area contributed by atoms with E-state index in [4.69, 9.17) is 16.1 Å². The highest BCUT2D eigenvalue weighted by molar-refractivity contribution is 8.10. The van der Waals surface area contributed by atoms with Crippen LogP contribution in [0.25, 0.3) is 11.0 Å². The fourth-order valence-corrected chi connectivity index (χ4v) is 6.68. The molecule has 0 saturated carbocycles. The van der Waals surface area contributed by atoms with E-state index in [0.717, 1.165) is 0 Å². The molecule has 0 fully saturated rings. The number of sulfonamides is 2. The molecule has 0 saturated heterocycles. The molecule has 29 heavy (non-hydrogen) atoms. The molecule has 10 heteroatoms. The summed E-state index contributed by atoms with van der Waals surface area (Å²) in [6.45, 7) is 0. The quantitative estimate of drug-likeness (QED) is 0.456. The molecule has 1 aromatic heterocycles. The van der Waals surface area contributed by atoms with Crippen molar-refractivity contribution in [1.82, 2.24) is 5.16 Å². The van der Waals surface area contributed by atoms with Gasteiger partial charge in [-0.15, -0.1) is 3.71 Å². The molecular weight excluding hydrogens is 436 g/mol. The van der Waals surface area contributed by atoms with Gasteiger partial charge < -0.3 is 4.52 Å². The normalized spacial score (nSPS) is 12.2. The first-order valence-corrected chi connectivity index (χ1v) is 11.5. The third kappa shape index (κ3) is 3.27. The van der Waals surface area contributed by atoms with Crippen molar-refractivity contribution in [3.05, 3.63) is 83.9 Å². The van der Waals surface area contributed by atoms with E-state index in [9.17, 15) is 16.8 Å². The number of rotatable bonds is 5. The molecule has 0 aliphatic carbocycles. The molecule has 7 nitrogen and oxygen atoms in total. The van der Waals surface area contributed by atoms with E-state index >= 15 is 0 Å². The van der Waals surface area contributed by atoms with Crippen molar-refractivity contribution in [2.75, 3.05) is 3.71 Å². The van der Waals surface area contributed by atoms with Crippen LogP contribution in [0.3, 0.4) is 0 Å². The van der Waals surface area contributed by atoms with Gasteiger partial charge in [-0.05, 0) is 36.4 Å². The van der Waals surface area contributed by atoms with Gasteiger partial charge in [0.2, 0.25) is 5.82 Å². The predicted octanol–water partition coefficient (Wildman–Crippen LogP) is 4.07. The minimum Gasteiger partial charge on any atom is -0.354 e. The molecule has 1 heterocycles. The number of nitrogens with zero attached hydrogens (tertiary/aromatic N) is 2. The average Bonchev–Trinajstić information content (AvgIpc) is 3.14. The molecule has 0 aliphatic heterocycles. The topological polar surface area (TPSA) is 97.6 Å². The molecule has 0 atom stereocenters. The molecule has 4 aromatic rings.